The van der Waals surface area contributed by atoms with Crippen LogP contribution in [0, 0.1) is 0 Å². The molecule has 2 N–H and O–H groups in total. The summed E-state index contributed by atoms with van der Waals surface area (Å²) in [5, 5.41) is 5.57. The van der Waals surface area contributed by atoms with Crippen LogP contribution in [0.2, 0.25) is 0 Å². The van der Waals surface area contributed by atoms with Gasteiger partial charge in [-0.05, 0) is 49.9 Å². The van der Waals surface area contributed by atoms with Crippen LogP contribution in [0.3, 0.4) is 0 Å². The second kappa shape index (κ2) is 8.29. The van der Waals surface area contributed by atoms with E-state index in [2.05, 4.69) is 10.6 Å². The van der Waals surface area contributed by atoms with Crippen LogP contribution in [0.25, 0.3) is 0 Å². The smallest absolute Gasteiger partial charge is 0.325 e. The predicted octanol–water partition coefficient (Wildman–Crippen LogP) is 2.32. The number of aryl methyl sites for hydroxylation is 1. The zero-order valence-electron chi connectivity index (χ0n) is 17.5. The normalized spacial score (nSPS) is 20.5. The van der Waals surface area contributed by atoms with Crippen LogP contribution in [0.1, 0.15) is 31.4 Å². The van der Waals surface area contributed by atoms with Gasteiger partial charge in [-0.15, -0.1) is 0 Å². The van der Waals surface area contributed by atoms with Crippen molar-refractivity contribution >= 4 is 17.8 Å². The summed E-state index contributed by atoms with van der Waals surface area (Å²) in [6, 6.07) is 14.4. The maximum absolute atomic E-state index is 13.1. The number of carbonyl (C=O) groups excluding carboxylic acids is 3. The summed E-state index contributed by atoms with van der Waals surface area (Å²) in [5.41, 5.74) is 0.475. The summed E-state index contributed by atoms with van der Waals surface area (Å²) in [6.45, 7) is 3.31. The lowest BCUT2D eigenvalue weighted by Gasteiger charge is -2.22. The van der Waals surface area contributed by atoms with Crippen molar-refractivity contribution in [3.63, 3.8) is 0 Å². The van der Waals surface area contributed by atoms with Crippen LogP contribution in [0.5, 0.6) is 11.5 Å². The first-order valence-electron chi connectivity index (χ1n) is 10.2. The van der Waals surface area contributed by atoms with E-state index in [-0.39, 0.29) is 25.3 Å². The SMILES string of the molecule is C[C@H](CCc1ccccc1)NC(=O)CN1C(=O)N[C@](C)(c2ccc3c(c2)OCO3)C1=O. The van der Waals surface area contributed by atoms with Crippen molar-refractivity contribution in [1.29, 1.82) is 0 Å². The third-order valence-electron chi connectivity index (χ3n) is 5.64. The Morgan fingerprint density at radius 1 is 1.16 bits per heavy atom. The van der Waals surface area contributed by atoms with Crippen molar-refractivity contribution in [2.24, 2.45) is 0 Å². The molecule has 2 aromatic carbocycles. The van der Waals surface area contributed by atoms with E-state index in [0.717, 1.165) is 17.7 Å². The van der Waals surface area contributed by atoms with Crippen molar-refractivity contribution in [1.82, 2.24) is 15.5 Å². The number of benzene rings is 2. The molecule has 0 aliphatic carbocycles. The lowest BCUT2D eigenvalue weighted by molar-refractivity contribution is -0.135. The topological polar surface area (TPSA) is 97.0 Å². The van der Waals surface area contributed by atoms with Crippen molar-refractivity contribution < 1.29 is 23.9 Å². The molecule has 1 saturated heterocycles. The molecule has 4 rings (SSSR count). The van der Waals surface area contributed by atoms with Gasteiger partial charge in [0, 0.05) is 6.04 Å². The first-order chi connectivity index (χ1) is 14.9. The maximum Gasteiger partial charge on any atom is 0.325 e. The lowest BCUT2D eigenvalue weighted by atomic mass is 9.91. The van der Waals surface area contributed by atoms with Gasteiger partial charge in [0.1, 0.15) is 12.1 Å². The van der Waals surface area contributed by atoms with E-state index in [1.807, 2.05) is 37.3 Å². The first kappa shape index (κ1) is 20.7. The summed E-state index contributed by atoms with van der Waals surface area (Å²) in [5.74, 6) is 0.247. The van der Waals surface area contributed by atoms with E-state index in [4.69, 9.17) is 9.47 Å². The molecule has 8 heteroatoms. The van der Waals surface area contributed by atoms with Gasteiger partial charge in [0.25, 0.3) is 5.91 Å². The average molecular weight is 423 g/mol. The molecule has 0 aromatic heterocycles. The number of amides is 4. The van der Waals surface area contributed by atoms with E-state index in [0.29, 0.717) is 17.1 Å². The number of nitrogens with zero attached hydrogens (tertiary/aromatic N) is 1. The Morgan fingerprint density at radius 3 is 2.68 bits per heavy atom. The second-order valence-corrected chi connectivity index (χ2v) is 8.01. The van der Waals surface area contributed by atoms with Crippen LogP contribution in [0.15, 0.2) is 48.5 Å². The summed E-state index contributed by atoms with van der Waals surface area (Å²) in [4.78, 5) is 39.0. The zero-order valence-corrected chi connectivity index (χ0v) is 17.5. The molecule has 31 heavy (non-hydrogen) atoms. The minimum Gasteiger partial charge on any atom is -0.454 e. The molecule has 2 atom stereocenters. The molecular weight excluding hydrogens is 398 g/mol. The van der Waals surface area contributed by atoms with Crippen molar-refractivity contribution in [3.8, 4) is 11.5 Å². The third-order valence-corrected chi connectivity index (χ3v) is 5.64. The van der Waals surface area contributed by atoms with E-state index in [9.17, 15) is 14.4 Å². The fourth-order valence-electron chi connectivity index (χ4n) is 3.81. The number of carbonyl (C=O) groups is 3. The molecule has 1 fully saturated rings. The number of imide groups is 1. The highest BCUT2D eigenvalue weighted by atomic mass is 16.7. The molecule has 162 valence electrons. The Hall–Kier alpha value is -3.55. The quantitative estimate of drug-likeness (QED) is 0.667. The van der Waals surface area contributed by atoms with Crippen LogP contribution < -0.4 is 20.1 Å². The molecule has 0 saturated carbocycles. The summed E-state index contributed by atoms with van der Waals surface area (Å²) < 4.78 is 10.7. The van der Waals surface area contributed by atoms with Gasteiger partial charge < -0.3 is 20.1 Å². The number of hydrogen-bond acceptors (Lipinski definition) is 5. The minimum absolute atomic E-state index is 0.0892. The molecule has 2 aromatic rings. The van der Waals surface area contributed by atoms with E-state index in [1.54, 1.807) is 25.1 Å². The van der Waals surface area contributed by atoms with Gasteiger partial charge in [0.05, 0.1) is 0 Å². The summed E-state index contributed by atoms with van der Waals surface area (Å²) in [6.07, 6.45) is 1.58. The monoisotopic (exact) mass is 423 g/mol. The van der Waals surface area contributed by atoms with Gasteiger partial charge in [-0.3, -0.25) is 14.5 Å². The molecule has 8 nitrogen and oxygen atoms in total. The van der Waals surface area contributed by atoms with Crippen LogP contribution in [-0.2, 0) is 21.5 Å². The largest absolute Gasteiger partial charge is 0.454 e. The molecule has 0 radical (unpaired) electrons. The van der Waals surface area contributed by atoms with Gasteiger partial charge in [-0.1, -0.05) is 36.4 Å². The van der Waals surface area contributed by atoms with Gasteiger partial charge in [-0.2, -0.15) is 0 Å². The second-order valence-electron chi connectivity index (χ2n) is 8.01. The molecule has 2 aliphatic rings. The average Bonchev–Trinajstić information content (AvgIpc) is 3.31. The predicted molar refractivity (Wildman–Crippen MR) is 113 cm³/mol. The third kappa shape index (κ3) is 4.19. The van der Waals surface area contributed by atoms with E-state index >= 15 is 0 Å². The first-order valence-corrected chi connectivity index (χ1v) is 10.2. The van der Waals surface area contributed by atoms with Crippen LogP contribution in [-0.4, -0.2) is 42.1 Å². The van der Waals surface area contributed by atoms with Crippen LogP contribution >= 0.6 is 0 Å². The number of urea groups is 1. The van der Waals surface area contributed by atoms with Crippen molar-refractivity contribution in [2.45, 2.75) is 38.3 Å². The summed E-state index contributed by atoms with van der Waals surface area (Å²) >= 11 is 0. The van der Waals surface area contributed by atoms with Crippen molar-refractivity contribution in [2.75, 3.05) is 13.3 Å². The highest BCUT2D eigenvalue weighted by molar-refractivity contribution is 6.09. The van der Waals surface area contributed by atoms with E-state index in [1.165, 1.54) is 5.56 Å². The summed E-state index contributed by atoms with van der Waals surface area (Å²) in [7, 11) is 0. The molecule has 2 heterocycles. The van der Waals surface area contributed by atoms with Crippen molar-refractivity contribution in [3.05, 3.63) is 59.7 Å². The molecule has 0 bridgehead atoms. The Morgan fingerprint density at radius 2 is 1.90 bits per heavy atom. The standard InChI is InChI=1S/C23H25N3O5/c1-15(8-9-16-6-4-3-5-7-16)24-20(27)13-26-21(28)23(2,25-22(26)29)17-10-11-18-19(12-17)31-14-30-18/h3-7,10-12,15H,8-9,13-14H2,1-2H3,(H,24,27)(H,25,29)/t15-,23-/m1/s1. The number of ether oxygens (including phenoxy) is 2. The van der Waals surface area contributed by atoms with Gasteiger partial charge >= 0.3 is 6.03 Å². The molecule has 4 amide bonds. The lowest BCUT2D eigenvalue weighted by Crippen LogP contribution is -2.45. The minimum atomic E-state index is -1.28. The maximum atomic E-state index is 13.1. The number of hydrogen-bond donors (Lipinski definition) is 2. The Kier molecular flexibility index (Phi) is 5.54. The fraction of sp³-hybridized carbons (Fsp3) is 0.348. The zero-order chi connectivity index (χ0) is 22.0. The fourth-order valence-corrected chi connectivity index (χ4v) is 3.81. The Labute approximate surface area is 180 Å². The Bertz CT molecular complexity index is 1010. The molecule has 2 aliphatic heterocycles. The number of rotatable bonds is 7. The molecule has 0 unspecified atom stereocenters. The highest BCUT2D eigenvalue weighted by Gasteiger charge is 2.49. The molecule has 0 spiro atoms. The van der Waals surface area contributed by atoms with Crippen LogP contribution in [0.4, 0.5) is 4.79 Å². The molecular formula is C23H25N3O5. The highest BCUT2D eigenvalue weighted by Crippen LogP contribution is 2.37. The number of nitrogens with one attached hydrogen (secondary N) is 2. The van der Waals surface area contributed by atoms with Gasteiger partial charge in [-0.25, -0.2) is 4.79 Å². The Balaban J connectivity index is 1.37. The van der Waals surface area contributed by atoms with E-state index < -0.39 is 17.5 Å². The van der Waals surface area contributed by atoms with Gasteiger partial charge in [0.2, 0.25) is 12.7 Å². The van der Waals surface area contributed by atoms with Gasteiger partial charge in [0.15, 0.2) is 11.5 Å². The number of fused-ring (bicyclic) bond motifs is 1.